The molecule has 0 N–H and O–H groups in total. The smallest absolute Gasteiger partial charge is 0.0591 e. The fourth-order valence-electron chi connectivity index (χ4n) is 0.533. The van der Waals surface area contributed by atoms with E-state index in [9.17, 15) is 0 Å². The lowest BCUT2D eigenvalue weighted by molar-refractivity contribution is 0.103. The zero-order valence-electron chi connectivity index (χ0n) is 5.98. The molecule has 0 aliphatic carbocycles. The van der Waals surface area contributed by atoms with Crippen LogP contribution in [0.15, 0.2) is 0 Å². The van der Waals surface area contributed by atoms with Gasteiger partial charge in [0.2, 0.25) is 0 Å². The van der Waals surface area contributed by atoms with Gasteiger partial charge < -0.3 is 4.74 Å². The van der Waals surface area contributed by atoms with E-state index in [1.54, 1.807) is 0 Å². The van der Waals surface area contributed by atoms with Gasteiger partial charge >= 0.3 is 0 Å². The van der Waals surface area contributed by atoms with Gasteiger partial charge in [0.25, 0.3) is 0 Å². The van der Waals surface area contributed by atoms with E-state index in [1.807, 2.05) is 0 Å². The van der Waals surface area contributed by atoms with Crippen LogP contribution in [0.3, 0.4) is 0 Å². The van der Waals surface area contributed by atoms with E-state index in [1.165, 1.54) is 0 Å². The van der Waals surface area contributed by atoms with Crippen molar-refractivity contribution in [3.05, 3.63) is 0 Å². The van der Waals surface area contributed by atoms with Crippen LogP contribution < -0.4 is 0 Å². The minimum atomic E-state index is -0.856. The fraction of sp³-hybridized carbons (Fsp3) is 1.00. The molecule has 0 amide bonds. The van der Waals surface area contributed by atoms with Crippen molar-refractivity contribution in [1.29, 1.82) is 0 Å². The summed E-state index contributed by atoms with van der Waals surface area (Å²) in [7, 11) is 0. The number of alkyl halides is 1. The number of hydrogen-bond donors (Lipinski definition) is 0. The fourth-order valence-corrected chi connectivity index (χ4v) is 0.945. The van der Waals surface area contributed by atoms with Gasteiger partial charge in [-0.1, -0.05) is 15.9 Å². The maximum Gasteiger partial charge on any atom is 0.0591 e. The predicted molar refractivity (Wildman–Crippen MR) is 32.8 cm³/mol. The van der Waals surface area contributed by atoms with Gasteiger partial charge in [0.1, 0.15) is 0 Å². The molecule has 0 radical (unpaired) electrons. The number of rotatable bonds is 0. The highest BCUT2D eigenvalue weighted by Gasteiger charge is 2.07. The van der Waals surface area contributed by atoms with Crippen LogP contribution in [0.1, 0.15) is 15.6 Å². The molecule has 0 aromatic rings. The largest absolute Gasteiger partial charge is 0.380 e. The lowest BCUT2D eigenvalue weighted by Gasteiger charge is -2.15. The van der Waals surface area contributed by atoms with Crippen molar-refractivity contribution in [2.24, 2.45) is 0 Å². The second kappa shape index (κ2) is 2.68. The monoisotopic (exact) mass is 166 g/mol. The molecule has 2 unspecified atom stereocenters. The molecule has 2 atom stereocenters. The van der Waals surface area contributed by atoms with Crippen molar-refractivity contribution in [3.63, 3.8) is 0 Å². The maximum absolute atomic E-state index is 7.44. The Morgan fingerprint density at radius 3 is 3.29 bits per heavy atom. The molecule has 2 heteroatoms. The van der Waals surface area contributed by atoms with Gasteiger partial charge in [-0.2, -0.15) is 0 Å². The second-order valence-corrected chi connectivity index (χ2v) is 2.56. The molecule has 1 rings (SSSR count). The lowest BCUT2D eigenvalue weighted by Crippen LogP contribution is -2.15. The molecule has 0 aromatic carbocycles. The molecule has 1 nitrogen and oxygen atoms in total. The summed E-state index contributed by atoms with van der Waals surface area (Å²) in [6.45, 7) is -0.0910. The summed E-state index contributed by atoms with van der Waals surface area (Å²) in [6.07, 6.45) is 1.59. The molecule has 42 valence electrons. The lowest BCUT2D eigenvalue weighted by atomic mass is 10.2. The summed E-state index contributed by atoms with van der Waals surface area (Å²) in [5.74, 6) is 0. The summed E-state index contributed by atoms with van der Waals surface area (Å²) in [5, 5.41) is 0. The van der Waals surface area contributed by atoms with Gasteiger partial charge in [0.05, 0.1) is 7.95 Å². The predicted octanol–water partition coefficient (Wildman–Crippen LogP) is 1.56. The first-order chi connectivity index (χ1) is 4.13. The van der Waals surface area contributed by atoms with Gasteiger partial charge in [0, 0.05) is 12.8 Å². The third-order valence-electron chi connectivity index (χ3n) is 0.889. The molecule has 1 aliphatic heterocycles. The Morgan fingerprint density at radius 2 is 2.86 bits per heavy atom. The Kier molecular flexibility index (Phi) is 1.32. The summed E-state index contributed by atoms with van der Waals surface area (Å²) >= 11 is 3.11. The van der Waals surface area contributed by atoms with Crippen molar-refractivity contribution >= 4 is 15.9 Å². The Labute approximate surface area is 55.0 Å². The van der Waals surface area contributed by atoms with Crippen LogP contribution >= 0.6 is 15.9 Å². The van der Waals surface area contributed by atoms with Crippen LogP contribution in [0, 0.1) is 0 Å². The minimum absolute atomic E-state index is 0.625. The first-order valence-corrected chi connectivity index (χ1v) is 3.15. The van der Waals surface area contributed by atoms with Crippen LogP contribution in [-0.4, -0.2) is 18.0 Å². The molecular weight excluding hydrogens is 156 g/mol. The summed E-state index contributed by atoms with van der Waals surface area (Å²) in [4.78, 5) is -0.856. The summed E-state index contributed by atoms with van der Waals surface area (Å²) in [5.41, 5.74) is 0. The molecule has 0 spiro atoms. The van der Waals surface area contributed by atoms with Crippen molar-refractivity contribution < 1.29 is 7.48 Å². The second-order valence-electron chi connectivity index (χ2n) is 1.54. The third kappa shape index (κ3) is 1.78. The molecule has 7 heavy (non-hydrogen) atoms. The number of hydrogen-bond acceptors (Lipinski definition) is 1. The van der Waals surface area contributed by atoms with Crippen molar-refractivity contribution in [3.8, 4) is 0 Å². The average Bonchev–Trinajstić information content (AvgIpc) is 1.77. The first-order valence-electron chi connectivity index (χ1n) is 3.43. The number of halogens is 1. The van der Waals surface area contributed by atoms with Crippen LogP contribution in [0.4, 0.5) is 0 Å². The summed E-state index contributed by atoms with van der Waals surface area (Å²) < 4.78 is 19.6. The van der Waals surface area contributed by atoms with E-state index in [0.29, 0.717) is 13.0 Å². The number of ether oxygens (including phenoxy) is 1. The molecule has 1 heterocycles. The summed E-state index contributed by atoms with van der Waals surface area (Å²) in [6, 6.07) is 0. The van der Waals surface area contributed by atoms with Gasteiger partial charge in [-0.25, -0.2) is 0 Å². The van der Waals surface area contributed by atoms with E-state index < -0.39 is 11.4 Å². The highest BCUT2D eigenvalue weighted by atomic mass is 79.9. The molecular formula is C5H9BrO. The van der Waals surface area contributed by atoms with Gasteiger partial charge in [-0.15, -0.1) is 0 Å². The Hall–Kier alpha value is 0.440. The zero-order chi connectivity index (χ0) is 6.91. The normalized spacial score (nSPS) is 58.1. The van der Waals surface area contributed by atoms with Crippen molar-refractivity contribution in [2.75, 3.05) is 13.2 Å². The van der Waals surface area contributed by atoms with Gasteiger partial charge in [-0.3, -0.25) is 0 Å². The van der Waals surface area contributed by atoms with Crippen molar-refractivity contribution in [1.82, 2.24) is 0 Å². The van der Waals surface area contributed by atoms with E-state index in [2.05, 4.69) is 15.9 Å². The van der Waals surface area contributed by atoms with Crippen molar-refractivity contribution in [2.45, 2.75) is 17.6 Å². The molecule has 0 bridgehead atoms. The van der Waals surface area contributed by atoms with Gasteiger partial charge in [-0.05, 0) is 12.8 Å². The minimum Gasteiger partial charge on any atom is -0.380 e. The average molecular weight is 167 g/mol. The topological polar surface area (TPSA) is 9.23 Å². The van der Waals surface area contributed by atoms with E-state index in [4.69, 9.17) is 7.48 Å². The SMILES string of the molecule is [2H]C1OCCCC1([2H])Br. The molecule has 1 aliphatic rings. The Bertz CT molecular complexity index is 107. The molecule has 0 aromatic heterocycles. The quantitative estimate of drug-likeness (QED) is 0.497. The Morgan fingerprint density at radius 1 is 2.00 bits per heavy atom. The maximum atomic E-state index is 7.44. The standard InChI is InChI=1S/C5H9BrO/c6-5-2-1-3-7-4-5/h5H,1-4H2/i4D,5D. The van der Waals surface area contributed by atoms with E-state index in [-0.39, 0.29) is 0 Å². The highest BCUT2D eigenvalue weighted by molar-refractivity contribution is 9.09. The molecule has 1 fully saturated rings. The first kappa shape index (κ1) is 3.46. The highest BCUT2D eigenvalue weighted by Crippen LogP contribution is 2.12. The van der Waals surface area contributed by atoms with Crippen LogP contribution in [0.5, 0.6) is 0 Å². The Balaban J connectivity index is 2.49. The van der Waals surface area contributed by atoms with Gasteiger partial charge in [0.15, 0.2) is 0 Å². The van der Waals surface area contributed by atoms with E-state index >= 15 is 0 Å². The zero-order valence-corrected chi connectivity index (χ0v) is 5.57. The van der Waals surface area contributed by atoms with E-state index in [0.717, 1.165) is 6.42 Å². The molecule has 0 saturated carbocycles. The third-order valence-corrected chi connectivity index (χ3v) is 1.47. The van der Waals surface area contributed by atoms with Crippen LogP contribution in [0.25, 0.3) is 0 Å². The van der Waals surface area contributed by atoms with Crippen LogP contribution in [-0.2, 0) is 4.74 Å². The van der Waals surface area contributed by atoms with Crippen LogP contribution in [0.2, 0.25) is 0 Å². The molecule has 1 saturated heterocycles.